The van der Waals surface area contributed by atoms with E-state index in [4.69, 9.17) is 16.3 Å². The monoisotopic (exact) mass is 400 g/mol. The summed E-state index contributed by atoms with van der Waals surface area (Å²) in [4.78, 5) is 26.1. The average molecular weight is 401 g/mol. The second-order valence-electron chi connectivity index (χ2n) is 7.35. The first kappa shape index (κ1) is 20.2. The van der Waals surface area contributed by atoms with Gasteiger partial charge in [0.15, 0.2) is 0 Å². The van der Waals surface area contributed by atoms with Crippen LogP contribution in [-0.4, -0.2) is 25.0 Å². The molecule has 1 atom stereocenters. The van der Waals surface area contributed by atoms with Crippen molar-refractivity contribution >= 4 is 29.1 Å². The molecule has 0 aromatic heterocycles. The first-order chi connectivity index (χ1) is 13.3. The van der Waals surface area contributed by atoms with Crippen LogP contribution in [0.2, 0.25) is 5.02 Å². The molecule has 1 aliphatic rings. The van der Waals surface area contributed by atoms with Crippen LogP contribution in [-0.2, 0) is 9.59 Å². The molecule has 1 heterocycles. The van der Waals surface area contributed by atoms with Crippen LogP contribution in [0.25, 0.3) is 0 Å². The van der Waals surface area contributed by atoms with E-state index in [0.717, 1.165) is 16.9 Å². The zero-order valence-corrected chi connectivity index (χ0v) is 17.3. The molecule has 1 aliphatic heterocycles. The number of benzene rings is 2. The van der Waals surface area contributed by atoms with Gasteiger partial charge in [0, 0.05) is 12.5 Å². The number of anilines is 1. The van der Waals surface area contributed by atoms with Crippen molar-refractivity contribution < 1.29 is 14.3 Å². The van der Waals surface area contributed by atoms with Crippen LogP contribution in [0.4, 0.5) is 5.69 Å². The Morgan fingerprint density at radius 3 is 2.71 bits per heavy atom. The second-order valence-corrected chi connectivity index (χ2v) is 7.75. The number of amides is 2. The highest BCUT2D eigenvalue weighted by molar-refractivity contribution is 6.34. The molecule has 5 nitrogen and oxygen atoms in total. The number of ether oxygens (including phenoxy) is 1. The van der Waals surface area contributed by atoms with Crippen LogP contribution in [0.5, 0.6) is 5.75 Å². The Bertz CT molecular complexity index is 911. The summed E-state index contributed by atoms with van der Waals surface area (Å²) in [6.45, 7) is 8.33. The van der Waals surface area contributed by atoms with E-state index in [1.54, 1.807) is 17.0 Å². The fourth-order valence-corrected chi connectivity index (χ4v) is 3.79. The fraction of sp³-hybridized carbons (Fsp3) is 0.364. The lowest BCUT2D eigenvalue weighted by Gasteiger charge is -2.20. The van der Waals surface area contributed by atoms with Crippen molar-refractivity contribution in [3.63, 3.8) is 0 Å². The zero-order chi connectivity index (χ0) is 20.4. The van der Waals surface area contributed by atoms with E-state index < -0.39 is 6.04 Å². The number of hydrogen-bond acceptors (Lipinski definition) is 3. The smallest absolute Gasteiger partial charge is 0.254 e. The highest BCUT2D eigenvalue weighted by atomic mass is 35.5. The van der Waals surface area contributed by atoms with E-state index in [2.05, 4.69) is 31.3 Å². The number of nitrogens with one attached hydrogen (secondary N) is 1. The van der Waals surface area contributed by atoms with E-state index in [0.29, 0.717) is 35.3 Å². The Labute approximate surface area is 170 Å². The maximum absolute atomic E-state index is 12.9. The largest absolute Gasteiger partial charge is 0.491 e. The molecule has 2 aromatic carbocycles. The molecule has 0 spiro atoms. The number of carbonyl (C=O) groups excluding carboxylic acids is 2. The fourth-order valence-electron chi connectivity index (χ4n) is 3.50. The van der Waals surface area contributed by atoms with Gasteiger partial charge >= 0.3 is 0 Å². The molecule has 0 saturated carbocycles. The van der Waals surface area contributed by atoms with Crippen LogP contribution in [0.3, 0.4) is 0 Å². The van der Waals surface area contributed by atoms with E-state index in [1.165, 1.54) is 6.92 Å². The normalized spacial score (nSPS) is 15.7. The maximum Gasteiger partial charge on any atom is 0.254 e. The standard InChI is InChI=1S/C22H25ClN2O3/c1-13(2)16-9-8-14(3)12-19(16)28-11-10-25-21-17(6-5-7-18(21)23)20(22(25)27)24-15(4)26/h5-9,12-13,20H,10-11H2,1-4H3,(H,24,26)/t20-/m0/s1. The molecule has 28 heavy (non-hydrogen) atoms. The molecular weight excluding hydrogens is 376 g/mol. The van der Waals surface area contributed by atoms with Crippen LogP contribution in [0.1, 0.15) is 49.4 Å². The van der Waals surface area contributed by atoms with E-state index in [9.17, 15) is 9.59 Å². The molecular formula is C22H25ClN2O3. The van der Waals surface area contributed by atoms with Crippen molar-refractivity contribution in [3.05, 3.63) is 58.1 Å². The van der Waals surface area contributed by atoms with Gasteiger partial charge in [0.2, 0.25) is 5.91 Å². The molecule has 0 saturated heterocycles. The molecule has 0 radical (unpaired) electrons. The van der Waals surface area contributed by atoms with Crippen LogP contribution >= 0.6 is 11.6 Å². The van der Waals surface area contributed by atoms with Crippen molar-refractivity contribution in [3.8, 4) is 5.75 Å². The van der Waals surface area contributed by atoms with Gasteiger partial charge in [-0.15, -0.1) is 0 Å². The zero-order valence-electron chi connectivity index (χ0n) is 16.6. The lowest BCUT2D eigenvalue weighted by Crippen LogP contribution is -2.38. The molecule has 0 bridgehead atoms. The highest BCUT2D eigenvalue weighted by Crippen LogP contribution is 2.40. The summed E-state index contributed by atoms with van der Waals surface area (Å²) in [7, 11) is 0. The van der Waals surface area contributed by atoms with Gasteiger partial charge in [-0.25, -0.2) is 0 Å². The third-order valence-electron chi connectivity index (χ3n) is 4.82. The van der Waals surface area contributed by atoms with Crippen molar-refractivity contribution in [2.75, 3.05) is 18.1 Å². The molecule has 1 N–H and O–H groups in total. The lowest BCUT2D eigenvalue weighted by molar-refractivity contribution is -0.126. The topological polar surface area (TPSA) is 58.6 Å². The first-order valence-corrected chi connectivity index (χ1v) is 9.77. The predicted molar refractivity (Wildman–Crippen MR) is 111 cm³/mol. The van der Waals surface area contributed by atoms with E-state index in [1.807, 2.05) is 19.1 Å². The van der Waals surface area contributed by atoms with Crippen molar-refractivity contribution in [1.82, 2.24) is 5.32 Å². The van der Waals surface area contributed by atoms with E-state index >= 15 is 0 Å². The number of aryl methyl sites for hydroxylation is 1. The summed E-state index contributed by atoms with van der Waals surface area (Å²) in [5.41, 5.74) is 3.61. The minimum atomic E-state index is -0.712. The van der Waals surface area contributed by atoms with Gasteiger partial charge in [-0.3, -0.25) is 9.59 Å². The van der Waals surface area contributed by atoms with Gasteiger partial charge in [-0.2, -0.15) is 0 Å². The summed E-state index contributed by atoms with van der Waals surface area (Å²) in [5.74, 6) is 0.710. The van der Waals surface area contributed by atoms with Gasteiger partial charge in [-0.05, 0) is 36.1 Å². The Balaban J connectivity index is 1.79. The van der Waals surface area contributed by atoms with Gasteiger partial charge in [0.05, 0.1) is 17.3 Å². The molecule has 6 heteroatoms. The molecule has 0 unspecified atom stereocenters. The van der Waals surface area contributed by atoms with Crippen LogP contribution in [0.15, 0.2) is 36.4 Å². The van der Waals surface area contributed by atoms with Crippen LogP contribution in [0, 0.1) is 6.92 Å². The summed E-state index contributed by atoms with van der Waals surface area (Å²) in [6, 6.07) is 10.8. The maximum atomic E-state index is 12.9. The minimum Gasteiger partial charge on any atom is -0.491 e. The lowest BCUT2D eigenvalue weighted by atomic mass is 10.0. The number of rotatable bonds is 6. The molecule has 2 aromatic rings. The Hall–Kier alpha value is -2.53. The number of fused-ring (bicyclic) bond motifs is 1. The van der Waals surface area contributed by atoms with Gasteiger partial charge < -0.3 is 15.0 Å². The van der Waals surface area contributed by atoms with Crippen molar-refractivity contribution in [2.24, 2.45) is 0 Å². The van der Waals surface area contributed by atoms with Gasteiger partial charge in [-0.1, -0.05) is 49.7 Å². The number of nitrogens with zero attached hydrogens (tertiary/aromatic N) is 1. The number of para-hydroxylation sites is 1. The van der Waals surface area contributed by atoms with Crippen molar-refractivity contribution in [1.29, 1.82) is 0 Å². The average Bonchev–Trinajstić information content (AvgIpc) is 2.88. The number of halogens is 1. The minimum absolute atomic E-state index is 0.199. The summed E-state index contributed by atoms with van der Waals surface area (Å²) in [5, 5.41) is 3.20. The molecule has 0 fully saturated rings. The van der Waals surface area contributed by atoms with Gasteiger partial charge in [0.1, 0.15) is 18.4 Å². The first-order valence-electron chi connectivity index (χ1n) is 9.39. The molecule has 2 amide bonds. The quantitative estimate of drug-likeness (QED) is 0.783. The van der Waals surface area contributed by atoms with Crippen LogP contribution < -0.4 is 15.0 Å². The third-order valence-corrected chi connectivity index (χ3v) is 5.13. The van der Waals surface area contributed by atoms with Gasteiger partial charge in [0.25, 0.3) is 5.91 Å². The Morgan fingerprint density at radius 1 is 1.29 bits per heavy atom. The highest BCUT2D eigenvalue weighted by Gasteiger charge is 2.39. The number of carbonyl (C=O) groups is 2. The Morgan fingerprint density at radius 2 is 2.04 bits per heavy atom. The summed E-state index contributed by atoms with van der Waals surface area (Å²) in [6.07, 6.45) is 0. The summed E-state index contributed by atoms with van der Waals surface area (Å²) < 4.78 is 6.04. The predicted octanol–water partition coefficient (Wildman–Crippen LogP) is 4.37. The SMILES string of the molecule is CC(=O)N[C@@H]1C(=O)N(CCOc2cc(C)ccc2C(C)C)c2c(Cl)cccc21. The number of hydrogen-bond donors (Lipinski definition) is 1. The third kappa shape index (κ3) is 3.99. The molecule has 0 aliphatic carbocycles. The second kappa shape index (κ2) is 8.23. The van der Waals surface area contributed by atoms with Crippen molar-refractivity contribution in [2.45, 2.75) is 39.7 Å². The Kier molecular flexibility index (Phi) is 5.94. The molecule has 148 valence electrons. The molecule has 3 rings (SSSR count). The summed E-state index contributed by atoms with van der Waals surface area (Å²) >= 11 is 6.37. The van der Waals surface area contributed by atoms with E-state index in [-0.39, 0.29) is 11.8 Å².